The van der Waals surface area contributed by atoms with Crippen molar-refractivity contribution in [3.05, 3.63) is 52.0 Å². The summed E-state index contributed by atoms with van der Waals surface area (Å²) < 4.78 is 14.0. The predicted molar refractivity (Wildman–Crippen MR) is 158 cm³/mol. The van der Waals surface area contributed by atoms with Gasteiger partial charge in [-0.1, -0.05) is 118 Å². The van der Waals surface area contributed by atoms with E-state index in [9.17, 15) is 0 Å². The highest BCUT2D eigenvalue weighted by Crippen LogP contribution is 2.52. The standard InChI is InChI=1S/C32H46BBrO2/c1-7-8-9-10-11-12-13-14-15-16-21-32(6)28-22-24(33-35-30(2,3)31(4,5)36-33)17-19-26(28)27-20-18-25(34)23-29(27)32/h17-20,22-23H,7-16,21H2,1-6H3/t32-/m1/s1. The van der Waals surface area contributed by atoms with E-state index in [1.807, 2.05) is 0 Å². The molecule has 0 radical (unpaired) electrons. The van der Waals surface area contributed by atoms with Gasteiger partial charge in [0.25, 0.3) is 0 Å². The van der Waals surface area contributed by atoms with Crippen LogP contribution in [0.5, 0.6) is 0 Å². The quantitative estimate of drug-likeness (QED) is 0.193. The zero-order valence-corrected chi connectivity index (χ0v) is 25.1. The van der Waals surface area contributed by atoms with Crippen molar-refractivity contribution in [2.75, 3.05) is 0 Å². The van der Waals surface area contributed by atoms with Crippen molar-refractivity contribution >= 4 is 28.5 Å². The third kappa shape index (κ3) is 5.66. The van der Waals surface area contributed by atoms with E-state index in [1.165, 1.54) is 92.9 Å². The van der Waals surface area contributed by atoms with Crippen LogP contribution in [0.1, 0.15) is 123 Å². The molecule has 2 nitrogen and oxygen atoms in total. The monoisotopic (exact) mass is 552 g/mol. The number of rotatable bonds is 12. The third-order valence-electron chi connectivity index (χ3n) is 9.06. The lowest BCUT2D eigenvalue weighted by Gasteiger charge is -2.32. The minimum atomic E-state index is -0.330. The highest BCUT2D eigenvalue weighted by Gasteiger charge is 2.52. The molecular weight excluding hydrogens is 507 g/mol. The Balaban J connectivity index is 1.46. The molecule has 0 bridgehead atoms. The molecule has 36 heavy (non-hydrogen) atoms. The van der Waals surface area contributed by atoms with Crippen LogP contribution in [0.15, 0.2) is 40.9 Å². The van der Waals surface area contributed by atoms with Gasteiger partial charge in [0, 0.05) is 9.89 Å². The van der Waals surface area contributed by atoms with E-state index in [1.54, 1.807) is 0 Å². The Bertz CT molecular complexity index is 1030. The van der Waals surface area contributed by atoms with Crippen molar-refractivity contribution in [3.8, 4) is 11.1 Å². The highest BCUT2D eigenvalue weighted by atomic mass is 79.9. The largest absolute Gasteiger partial charge is 0.494 e. The van der Waals surface area contributed by atoms with Crippen LogP contribution in [0.25, 0.3) is 11.1 Å². The van der Waals surface area contributed by atoms with Crippen LogP contribution in [0, 0.1) is 0 Å². The van der Waals surface area contributed by atoms with Crippen molar-refractivity contribution < 1.29 is 9.31 Å². The molecule has 1 aliphatic carbocycles. The molecule has 4 rings (SSSR count). The lowest BCUT2D eigenvalue weighted by atomic mass is 9.72. The molecule has 1 aliphatic heterocycles. The van der Waals surface area contributed by atoms with Crippen LogP contribution >= 0.6 is 15.9 Å². The molecule has 1 saturated heterocycles. The minimum absolute atomic E-state index is 0.00818. The van der Waals surface area contributed by atoms with Crippen molar-refractivity contribution in [3.63, 3.8) is 0 Å². The van der Waals surface area contributed by atoms with Crippen LogP contribution in [-0.2, 0) is 14.7 Å². The fraction of sp³-hybridized carbons (Fsp3) is 0.625. The number of unbranched alkanes of at least 4 members (excludes halogenated alkanes) is 9. The Kier molecular flexibility index (Phi) is 8.79. The molecular formula is C32H46BBrO2. The van der Waals surface area contributed by atoms with Gasteiger partial charge in [-0.05, 0) is 74.0 Å². The van der Waals surface area contributed by atoms with Gasteiger partial charge in [-0.3, -0.25) is 0 Å². The molecule has 0 aromatic heterocycles. The van der Waals surface area contributed by atoms with Crippen molar-refractivity contribution in [2.45, 2.75) is 129 Å². The zero-order chi connectivity index (χ0) is 26.0. The van der Waals surface area contributed by atoms with Crippen molar-refractivity contribution in [1.82, 2.24) is 0 Å². The summed E-state index contributed by atoms with van der Waals surface area (Å²) in [5.41, 5.74) is 6.11. The van der Waals surface area contributed by atoms with Gasteiger partial charge in [0.05, 0.1) is 11.2 Å². The summed E-state index contributed by atoms with van der Waals surface area (Å²) in [6.07, 6.45) is 14.9. The molecule has 0 amide bonds. The Labute approximate surface area is 229 Å². The molecule has 0 spiro atoms. The molecule has 0 N–H and O–H groups in total. The van der Waals surface area contributed by atoms with Crippen molar-refractivity contribution in [1.29, 1.82) is 0 Å². The van der Waals surface area contributed by atoms with Gasteiger partial charge in [-0.15, -0.1) is 0 Å². The number of benzene rings is 2. The Morgan fingerprint density at radius 2 is 1.17 bits per heavy atom. The van der Waals surface area contributed by atoms with Gasteiger partial charge in [0.15, 0.2) is 0 Å². The minimum Gasteiger partial charge on any atom is -0.399 e. The van der Waals surface area contributed by atoms with Crippen LogP contribution < -0.4 is 5.46 Å². The van der Waals surface area contributed by atoms with E-state index in [4.69, 9.17) is 9.31 Å². The van der Waals surface area contributed by atoms with E-state index in [0.717, 1.165) is 9.94 Å². The SMILES string of the molecule is CCCCCCCCCCCC[C@@]1(C)c2cc(Br)ccc2-c2ccc(B3OC(C)(C)C(C)(C)O3)cc21. The number of hydrogen-bond acceptors (Lipinski definition) is 2. The number of fused-ring (bicyclic) bond motifs is 3. The lowest BCUT2D eigenvalue weighted by Crippen LogP contribution is -2.41. The first-order valence-electron chi connectivity index (χ1n) is 14.4. The molecule has 196 valence electrons. The Morgan fingerprint density at radius 3 is 1.75 bits per heavy atom. The molecule has 0 saturated carbocycles. The van der Waals surface area contributed by atoms with Crippen molar-refractivity contribution in [2.24, 2.45) is 0 Å². The van der Waals surface area contributed by atoms with Gasteiger partial charge in [0.2, 0.25) is 0 Å². The summed E-state index contributed by atoms with van der Waals surface area (Å²) in [6, 6.07) is 13.7. The third-order valence-corrected chi connectivity index (χ3v) is 9.55. The average molecular weight is 553 g/mol. The van der Waals surface area contributed by atoms with Gasteiger partial charge in [0.1, 0.15) is 0 Å². The smallest absolute Gasteiger partial charge is 0.399 e. The van der Waals surface area contributed by atoms with Gasteiger partial charge in [-0.2, -0.15) is 0 Å². The van der Waals surface area contributed by atoms with E-state index in [-0.39, 0.29) is 23.7 Å². The van der Waals surface area contributed by atoms with E-state index in [0.29, 0.717) is 0 Å². The Morgan fingerprint density at radius 1 is 0.667 bits per heavy atom. The fourth-order valence-corrected chi connectivity index (χ4v) is 6.33. The molecule has 1 fully saturated rings. The fourth-order valence-electron chi connectivity index (χ4n) is 5.97. The molecule has 1 heterocycles. The molecule has 0 unspecified atom stereocenters. The summed E-state index contributed by atoms with van der Waals surface area (Å²) in [6.45, 7) is 13.3. The maximum Gasteiger partial charge on any atom is 0.494 e. The molecule has 2 aromatic rings. The first-order chi connectivity index (χ1) is 17.1. The van der Waals surface area contributed by atoms with E-state index >= 15 is 0 Å². The summed E-state index contributed by atoms with van der Waals surface area (Å²) in [5.74, 6) is 0. The maximum atomic E-state index is 6.41. The topological polar surface area (TPSA) is 18.5 Å². The summed E-state index contributed by atoms with van der Waals surface area (Å²) in [5, 5.41) is 0. The normalized spacial score (nSPS) is 21.6. The average Bonchev–Trinajstić information content (AvgIpc) is 3.20. The van der Waals surface area contributed by atoms with E-state index in [2.05, 4.69) is 93.9 Å². The lowest BCUT2D eigenvalue weighted by molar-refractivity contribution is 0.00578. The van der Waals surface area contributed by atoms with Crippen LogP contribution in [0.3, 0.4) is 0 Å². The highest BCUT2D eigenvalue weighted by molar-refractivity contribution is 9.10. The zero-order valence-electron chi connectivity index (χ0n) is 23.5. The molecule has 2 aromatic carbocycles. The molecule has 2 aliphatic rings. The number of halogens is 1. The first-order valence-corrected chi connectivity index (χ1v) is 15.2. The second-order valence-corrected chi connectivity index (χ2v) is 13.3. The second-order valence-electron chi connectivity index (χ2n) is 12.3. The first kappa shape index (κ1) is 27.9. The predicted octanol–water partition coefficient (Wildman–Crippen LogP) is 9.35. The van der Waals surface area contributed by atoms with Crippen LogP contribution in [0.4, 0.5) is 0 Å². The summed E-state index contributed by atoms with van der Waals surface area (Å²) in [7, 11) is -0.322. The summed E-state index contributed by atoms with van der Waals surface area (Å²) >= 11 is 3.75. The van der Waals surface area contributed by atoms with Gasteiger partial charge < -0.3 is 9.31 Å². The summed E-state index contributed by atoms with van der Waals surface area (Å²) in [4.78, 5) is 0. The van der Waals surface area contributed by atoms with Crippen LogP contribution in [-0.4, -0.2) is 18.3 Å². The van der Waals surface area contributed by atoms with Gasteiger partial charge >= 0.3 is 7.12 Å². The maximum absolute atomic E-state index is 6.41. The molecule has 1 atom stereocenters. The van der Waals surface area contributed by atoms with Gasteiger partial charge in [-0.25, -0.2) is 0 Å². The van der Waals surface area contributed by atoms with Crippen LogP contribution in [0.2, 0.25) is 0 Å². The van der Waals surface area contributed by atoms with E-state index < -0.39 is 0 Å². The molecule has 4 heteroatoms. The second kappa shape index (κ2) is 11.3. The number of hydrogen-bond donors (Lipinski definition) is 0. The Hall–Kier alpha value is -1.10.